The highest BCUT2D eigenvalue weighted by Gasteiger charge is 2.05. The molecule has 2 N–H and O–H groups in total. The van der Waals surface area contributed by atoms with Gasteiger partial charge in [-0.3, -0.25) is 0 Å². The summed E-state index contributed by atoms with van der Waals surface area (Å²) in [5.41, 5.74) is 8.02. The highest BCUT2D eigenvalue weighted by atomic mass is 79.9. The van der Waals surface area contributed by atoms with E-state index >= 15 is 0 Å². The van der Waals surface area contributed by atoms with Gasteiger partial charge in [0, 0.05) is 4.47 Å². The monoisotopic (exact) mass is 353 g/mol. The molecule has 0 aromatic heterocycles. The van der Waals surface area contributed by atoms with Crippen LogP contribution in [0.3, 0.4) is 0 Å². The van der Waals surface area contributed by atoms with E-state index in [0.717, 1.165) is 10.0 Å². The minimum atomic E-state index is 0.380. The van der Waals surface area contributed by atoms with Gasteiger partial charge in [-0.25, -0.2) is 0 Å². The van der Waals surface area contributed by atoms with Crippen LogP contribution in [0, 0.1) is 0 Å². The Bertz CT molecular complexity index is 571. The first-order chi connectivity index (χ1) is 9.60. The molecule has 2 nitrogen and oxygen atoms in total. The van der Waals surface area contributed by atoms with Crippen LogP contribution in [0.5, 0.6) is 5.75 Å². The lowest BCUT2D eigenvalue weighted by Gasteiger charge is -2.11. The fourth-order valence-electron chi connectivity index (χ4n) is 1.83. The van der Waals surface area contributed by atoms with E-state index in [0.29, 0.717) is 29.8 Å². The Morgan fingerprint density at radius 1 is 1.20 bits per heavy atom. The van der Waals surface area contributed by atoms with Crippen molar-refractivity contribution in [1.29, 1.82) is 0 Å². The smallest absolute Gasteiger partial charge is 0.138 e. The predicted molar refractivity (Wildman–Crippen MR) is 87.4 cm³/mol. The maximum atomic E-state index is 6.11. The van der Waals surface area contributed by atoms with Crippen LogP contribution in [-0.2, 0) is 6.61 Å². The van der Waals surface area contributed by atoms with Crippen molar-refractivity contribution in [2.75, 3.05) is 6.54 Å². The Kier molecular flexibility index (Phi) is 5.46. The quantitative estimate of drug-likeness (QED) is 0.841. The molecule has 106 valence electrons. The number of halogens is 2. The summed E-state index contributed by atoms with van der Waals surface area (Å²) in [7, 11) is 0. The average Bonchev–Trinajstić information content (AvgIpc) is 2.46. The van der Waals surface area contributed by atoms with Gasteiger partial charge in [0.2, 0.25) is 0 Å². The first kappa shape index (κ1) is 15.4. The van der Waals surface area contributed by atoms with Crippen LogP contribution in [0.15, 0.2) is 46.9 Å². The van der Waals surface area contributed by atoms with E-state index in [-0.39, 0.29) is 0 Å². The number of hydrogen-bond donors (Lipinski definition) is 1. The summed E-state index contributed by atoms with van der Waals surface area (Å²) in [5.74, 6) is 1.07. The molecule has 2 aromatic carbocycles. The van der Waals surface area contributed by atoms with Crippen molar-refractivity contribution in [2.45, 2.75) is 19.4 Å². The zero-order chi connectivity index (χ0) is 14.5. The Morgan fingerprint density at radius 2 is 1.90 bits per heavy atom. The second-order valence-electron chi connectivity index (χ2n) is 4.74. The van der Waals surface area contributed by atoms with Crippen molar-refractivity contribution >= 4 is 27.5 Å². The van der Waals surface area contributed by atoms with Gasteiger partial charge in [-0.2, -0.15) is 0 Å². The van der Waals surface area contributed by atoms with E-state index in [4.69, 9.17) is 22.1 Å². The van der Waals surface area contributed by atoms with E-state index in [1.807, 2.05) is 18.2 Å². The first-order valence-corrected chi connectivity index (χ1v) is 7.64. The number of nitrogens with two attached hydrogens (primary N) is 1. The zero-order valence-electron chi connectivity index (χ0n) is 11.3. The predicted octanol–water partition coefficient (Wildman–Crippen LogP) is 4.74. The molecule has 0 bridgehead atoms. The van der Waals surface area contributed by atoms with Gasteiger partial charge in [0.15, 0.2) is 0 Å². The Morgan fingerprint density at radius 3 is 2.50 bits per heavy atom. The van der Waals surface area contributed by atoms with Crippen LogP contribution in [0.25, 0.3) is 0 Å². The normalized spacial score (nSPS) is 12.2. The summed E-state index contributed by atoms with van der Waals surface area (Å²) in [6, 6.07) is 13.9. The fourth-order valence-corrected chi connectivity index (χ4v) is 2.56. The molecule has 4 heteroatoms. The van der Waals surface area contributed by atoms with Crippen LogP contribution in [-0.4, -0.2) is 6.54 Å². The summed E-state index contributed by atoms with van der Waals surface area (Å²) in [6.07, 6.45) is 0. The van der Waals surface area contributed by atoms with Crippen LogP contribution in [0.2, 0.25) is 5.02 Å². The minimum absolute atomic E-state index is 0.380. The van der Waals surface area contributed by atoms with Crippen LogP contribution in [0.1, 0.15) is 24.0 Å². The lowest BCUT2D eigenvalue weighted by Crippen LogP contribution is -2.08. The standard InChI is InChI=1S/C16H17BrClNO/c1-11(9-19)13-4-2-12(3-5-13)10-20-16-7-6-14(17)8-15(16)18/h2-8,11H,9-10,19H2,1H3. The maximum absolute atomic E-state index is 6.11. The summed E-state index contributed by atoms with van der Waals surface area (Å²) in [5, 5.41) is 0.604. The molecule has 1 atom stereocenters. The average molecular weight is 355 g/mol. The molecular weight excluding hydrogens is 338 g/mol. The Labute approximate surface area is 133 Å². The highest BCUT2D eigenvalue weighted by molar-refractivity contribution is 9.10. The second kappa shape index (κ2) is 7.11. The molecule has 2 aromatic rings. The van der Waals surface area contributed by atoms with E-state index in [1.165, 1.54) is 5.56 Å². The van der Waals surface area contributed by atoms with Crippen LogP contribution in [0.4, 0.5) is 0 Å². The van der Waals surface area contributed by atoms with Crippen molar-refractivity contribution in [2.24, 2.45) is 5.73 Å². The molecule has 0 spiro atoms. The lowest BCUT2D eigenvalue weighted by molar-refractivity contribution is 0.306. The minimum Gasteiger partial charge on any atom is -0.487 e. The Hall–Kier alpha value is -1.03. The number of rotatable bonds is 5. The molecular formula is C16H17BrClNO. The summed E-state index contributed by atoms with van der Waals surface area (Å²) in [6.45, 7) is 3.27. The molecule has 0 aliphatic heterocycles. The van der Waals surface area contributed by atoms with Crippen LogP contribution < -0.4 is 10.5 Å². The Balaban J connectivity index is 2.00. The SMILES string of the molecule is CC(CN)c1ccc(COc2ccc(Br)cc2Cl)cc1. The number of benzene rings is 2. The van der Waals surface area contributed by atoms with Gasteiger partial charge < -0.3 is 10.5 Å². The maximum Gasteiger partial charge on any atom is 0.138 e. The fraction of sp³-hybridized carbons (Fsp3) is 0.250. The van der Waals surface area contributed by atoms with E-state index in [1.54, 1.807) is 0 Å². The van der Waals surface area contributed by atoms with E-state index in [9.17, 15) is 0 Å². The van der Waals surface area contributed by atoms with Crippen molar-refractivity contribution in [1.82, 2.24) is 0 Å². The first-order valence-electron chi connectivity index (χ1n) is 6.47. The van der Waals surface area contributed by atoms with Crippen molar-refractivity contribution < 1.29 is 4.74 Å². The number of ether oxygens (including phenoxy) is 1. The number of hydrogen-bond acceptors (Lipinski definition) is 2. The molecule has 0 saturated heterocycles. The second-order valence-corrected chi connectivity index (χ2v) is 6.06. The van der Waals surface area contributed by atoms with Crippen molar-refractivity contribution in [3.8, 4) is 5.75 Å². The van der Waals surface area contributed by atoms with Gasteiger partial charge in [0.25, 0.3) is 0 Å². The zero-order valence-corrected chi connectivity index (χ0v) is 13.6. The summed E-state index contributed by atoms with van der Waals surface area (Å²) < 4.78 is 6.67. The molecule has 0 amide bonds. The van der Waals surface area contributed by atoms with Crippen molar-refractivity contribution in [3.63, 3.8) is 0 Å². The lowest BCUT2D eigenvalue weighted by atomic mass is 10.0. The summed E-state index contributed by atoms with van der Waals surface area (Å²) >= 11 is 9.48. The molecule has 0 heterocycles. The molecule has 0 saturated carbocycles. The third kappa shape index (κ3) is 3.98. The van der Waals surface area contributed by atoms with Gasteiger partial charge in [-0.15, -0.1) is 0 Å². The molecule has 0 aliphatic rings. The molecule has 2 rings (SSSR count). The molecule has 0 fully saturated rings. The van der Waals surface area contributed by atoms with Gasteiger partial charge in [-0.1, -0.05) is 58.7 Å². The topological polar surface area (TPSA) is 35.2 Å². The third-order valence-electron chi connectivity index (χ3n) is 3.19. The molecule has 1 unspecified atom stereocenters. The summed E-state index contributed by atoms with van der Waals surface area (Å²) in [4.78, 5) is 0. The van der Waals surface area contributed by atoms with Gasteiger partial charge in [0.05, 0.1) is 5.02 Å². The highest BCUT2D eigenvalue weighted by Crippen LogP contribution is 2.28. The van der Waals surface area contributed by atoms with Gasteiger partial charge in [0.1, 0.15) is 12.4 Å². The van der Waals surface area contributed by atoms with Crippen LogP contribution >= 0.6 is 27.5 Å². The van der Waals surface area contributed by atoms with E-state index in [2.05, 4.69) is 47.1 Å². The molecule has 0 aliphatic carbocycles. The molecule has 20 heavy (non-hydrogen) atoms. The largest absolute Gasteiger partial charge is 0.487 e. The van der Waals surface area contributed by atoms with Crippen molar-refractivity contribution in [3.05, 3.63) is 63.1 Å². The van der Waals surface area contributed by atoms with E-state index < -0.39 is 0 Å². The van der Waals surface area contributed by atoms with Gasteiger partial charge >= 0.3 is 0 Å². The van der Waals surface area contributed by atoms with Gasteiger partial charge in [-0.05, 0) is 41.8 Å². The molecule has 0 radical (unpaired) electrons. The third-order valence-corrected chi connectivity index (χ3v) is 3.98.